The maximum atomic E-state index is 11.1. The van der Waals surface area contributed by atoms with Crippen LogP contribution in [0.1, 0.15) is 52.0 Å². The number of rotatable bonds is 10. The van der Waals surface area contributed by atoms with Crippen molar-refractivity contribution in [2.75, 3.05) is 7.11 Å². The van der Waals surface area contributed by atoms with Crippen LogP contribution in [-0.2, 0) is 20.4 Å². The van der Waals surface area contributed by atoms with Gasteiger partial charge in [0, 0.05) is 12.2 Å². The van der Waals surface area contributed by atoms with Crippen molar-refractivity contribution >= 4 is 14.3 Å². The third kappa shape index (κ3) is 8.32. The minimum absolute atomic E-state index is 0.211. The Kier molecular flexibility index (Phi) is 9.30. The molecule has 26 heavy (non-hydrogen) atoms. The molecular formula is C22H36O3Si. The van der Waals surface area contributed by atoms with Gasteiger partial charge in [-0.15, -0.1) is 0 Å². The SMILES string of the molecule is COC(=O)/C=C/CCCC(CCc1ccccc1)O[Si](C)(C)C(C)(C)C. The molecule has 0 heterocycles. The van der Waals surface area contributed by atoms with Crippen molar-refractivity contribution in [2.24, 2.45) is 0 Å². The summed E-state index contributed by atoms with van der Waals surface area (Å²) in [5.74, 6) is -0.289. The Morgan fingerprint density at radius 1 is 1.15 bits per heavy atom. The highest BCUT2D eigenvalue weighted by Gasteiger charge is 2.38. The van der Waals surface area contributed by atoms with Crippen LogP contribution in [0.4, 0.5) is 0 Å². The zero-order chi connectivity index (χ0) is 19.6. The molecule has 1 atom stereocenters. The van der Waals surface area contributed by atoms with Crippen LogP contribution in [0.2, 0.25) is 18.1 Å². The fourth-order valence-corrected chi connectivity index (χ4v) is 3.96. The summed E-state index contributed by atoms with van der Waals surface area (Å²) in [6.45, 7) is 11.5. The lowest BCUT2D eigenvalue weighted by Crippen LogP contribution is -2.44. The molecule has 0 spiro atoms. The molecule has 0 radical (unpaired) electrons. The van der Waals surface area contributed by atoms with Crippen molar-refractivity contribution in [3.63, 3.8) is 0 Å². The molecule has 0 aliphatic heterocycles. The number of allylic oxidation sites excluding steroid dienone is 1. The molecule has 0 saturated carbocycles. The molecule has 0 aliphatic rings. The summed E-state index contributed by atoms with van der Waals surface area (Å²) in [4.78, 5) is 11.1. The van der Waals surface area contributed by atoms with E-state index >= 15 is 0 Å². The smallest absolute Gasteiger partial charge is 0.330 e. The third-order valence-corrected chi connectivity index (χ3v) is 9.75. The van der Waals surface area contributed by atoms with Gasteiger partial charge >= 0.3 is 5.97 Å². The number of esters is 1. The van der Waals surface area contributed by atoms with E-state index in [4.69, 9.17) is 4.43 Å². The first-order valence-corrected chi connectivity index (χ1v) is 12.5. The molecular weight excluding hydrogens is 340 g/mol. The van der Waals surface area contributed by atoms with Gasteiger partial charge in [-0.2, -0.15) is 0 Å². The highest BCUT2D eigenvalue weighted by molar-refractivity contribution is 6.74. The quantitative estimate of drug-likeness (QED) is 0.220. The maximum Gasteiger partial charge on any atom is 0.330 e. The molecule has 0 fully saturated rings. The van der Waals surface area contributed by atoms with E-state index in [2.05, 4.69) is 68.9 Å². The van der Waals surface area contributed by atoms with E-state index in [-0.39, 0.29) is 17.1 Å². The molecule has 1 aromatic rings. The Hall–Kier alpha value is -1.39. The lowest BCUT2D eigenvalue weighted by molar-refractivity contribution is -0.134. The second kappa shape index (κ2) is 10.7. The Bertz CT molecular complexity index is 559. The van der Waals surface area contributed by atoms with Gasteiger partial charge in [-0.1, -0.05) is 57.2 Å². The molecule has 0 saturated heterocycles. The van der Waals surface area contributed by atoms with Crippen LogP contribution in [0.15, 0.2) is 42.5 Å². The topological polar surface area (TPSA) is 35.5 Å². The van der Waals surface area contributed by atoms with E-state index in [0.717, 1.165) is 32.1 Å². The van der Waals surface area contributed by atoms with E-state index < -0.39 is 8.32 Å². The number of unbranched alkanes of at least 4 members (excludes halogenated alkanes) is 1. The summed E-state index contributed by atoms with van der Waals surface area (Å²) in [6, 6.07) is 10.6. The normalized spacial score (nSPS) is 13.8. The Morgan fingerprint density at radius 2 is 1.81 bits per heavy atom. The first-order valence-electron chi connectivity index (χ1n) is 9.62. The standard InChI is InChI=1S/C22H36O3Si/c1-22(2,3)26(5,6)25-20(15-11-8-12-16-21(23)24-4)18-17-19-13-9-7-10-14-19/h7,9-10,12-14,16,20H,8,11,15,17-18H2,1-6H3/b16-12+. The Balaban J connectivity index is 2.62. The van der Waals surface area contributed by atoms with E-state index in [1.165, 1.54) is 18.7 Å². The maximum absolute atomic E-state index is 11.1. The predicted octanol–water partition coefficient (Wildman–Crippen LogP) is 5.91. The number of carbonyl (C=O) groups excluding carboxylic acids is 1. The number of methoxy groups -OCH3 is 1. The summed E-state index contributed by atoms with van der Waals surface area (Å²) in [5, 5.41) is 0.211. The second-order valence-electron chi connectivity index (χ2n) is 8.38. The minimum atomic E-state index is -1.79. The highest BCUT2D eigenvalue weighted by Crippen LogP contribution is 2.38. The molecule has 0 amide bonds. The number of ether oxygens (including phenoxy) is 1. The fraction of sp³-hybridized carbons (Fsp3) is 0.591. The third-order valence-electron chi connectivity index (χ3n) is 5.22. The predicted molar refractivity (Wildman–Crippen MR) is 112 cm³/mol. The summed E-state index contributed by atoms with van der Waals surface area (Å²) in [7, 11) is -0.388. The molecule has 0 aliphatic carbocycles. The van der Waals surface area contributed by atoms with Gasteiger partial charge in [0.2, 0.25) is 0 Å². The first kappa shape index (κ1) is 22.6. The molecule has 0 N–H and O–H groups in total. The lowest BCUT2D eigenvalue weighted by atomic mass is 10.0. The summed E-state index contributed by atoms with van der Waals surface area (Å²) < 4.78 is 11.3. The van der Waals surface area contributed by atoms with Crippen LogP contribution in [0.25, 0.3) is 0 Å². The number of hydrogen-bond acceptors (Lipinski definition) is 3. The summed E-state index contributed by atoms with van der Waals surface area (Å²) in [6.07, 6.45) is 8.65. The van der Waals surface area contributed by atoms with E-state index in [1.807, 2.05) is 6.08 Å². The summed E-state index contributed by atoms with van der Waals surface area (Å²) >= 11 is 0. The molecule has 4 heteroatoms. The van der Waals surface area contributed by atoms with Crippen LogP contribution in [0.3, 0.4) is 0 Å². The van der Waals surface area contributed by atoms with Gasteiger partial charge in [0.15, 0.2) is 8.32 Å². The number of benzene rings is 1. The van der Waals surface area contributed by atoms with Gasteiger partial charge in [-0.25, -0.2) is 4.79 Å². The molecule has 0 bridgehead atoms. The highest BCUT2D eigenvalue weighted by atomic mass is 28.4. The first-order chi connectivity index (χ1) is 12.2. The van der Waals surface area contributed by atoms with Crippen LogP contribution in [0.5, 0.6) is 0 Å². The van der Waals surface area contributed by atoms with Gasteiger partial charge in [-0.3, -0.25) is 0 Å². The van der Waals surface area contributed by atoms with Crippen molar-refractivity contribution in [3.05, 3.63) is 48.0 Å². The van der Waals surface area contributed by atoms with Gasteiger partial charge in [0.1, 0.15) is 0 Å². The molecule has 1 rings (SSSR count). The van der Waals surface area contributed by atoms with Gasteiger partial charge in [0.05, 0.1) is 7.11 Å². The average molecular weight is 377 g/mol. The van der Waals surface area contributed by atoms with Crippen molar-refractivity contribution in [1.82, 2.24) is 0 Å². The number of carbonyl (C=O) groups is 1. The van der Waals surface area contributed by atoms with Gasteiger partial charge in [0.25, 0.3) is 0 Å². The zero-order valence-electron chi connectivity index (χ0n) is 17.4. The molecule has 0 aromatic heterocycles. The van der Waals surface area contributed by atoms with Crippen molar-refractivity contribution in [3.8, 4) is 0 Å². The van der Waals surface area contributed by atoms with Crippen molar-refractivity contribution < 1.29 is 14.0 Å². The minimum Gasteiger partial charge on any atom is -0.466 e. The largest absolute Gasteiger partial charge is 0.466 e. The molecule has 1 unspecified atom stereocenters. The fourth-order valence-electron chi connectivity index (χ4n) is 2.54. The monoisotopic (exact) mass is 376 g/mol. The average Bonchev–Trinajstić information content (AvgIpc) is 2.58. The van der Waals surface area contributed by atoms with Crippen LogP contribution in [-0.4, -0.2) is 27.5 Å². The molecule has 3 nitrogen and oxygen atoms in total. The van der Waals surface area contributed by atoms with Crippen molar-refractivity contribution in [2.45, 2.75) is 77.1 Å². The number of aryl methyl sites for hydroxylation is 1. The second-order valence-corrected chi connectivity index (χ2v) is 13.1. The van der Waals surface area contributed by atoms with Gasteiger partial charge in [-0.05, 0) is 55.8 Å². The lowest BCUT2D eigenvalue weighted by Gasteiger charge is -2.39. The van der Waals surface area contributed by atoms with Crippen LogP contribution < -0.4 is 0 Å². The van der Waals surface area contributed by atoms with Crippen LogP contribution in [0, 0.1) is 0 Å². The Morgan fingerprint density at radius 3 is 2.38 bits per heavy atom. The van der Waals surface area contributed by atoms with Crippen molar-refractivity contribution in [1.29, 1.82) is 0 Å². The van der Waals surface area contributed by atoms with E-state index in [1.54, 1.807) is 0 Å². The van der Waals surface area contributed by atoms with E-state index in [9.17, 15) is 4.79 Å². The van der Waals surface area contributed by atoms with Crippen LogP contribution >= 0.6 is 0 Å². The Labute approximate surface area is 160 Å². The van der Waals surface area contributed by atoms with Gasteiger partial charge < -0.3 is 9.16 Å². The zero-order valence-corrected chi connectivity index (χ0v) is 18.4. The summed E-state index contributed by atoms with van der Waals surface area (Å²) in [5.41, 5.74) is 1.36. The van der Waals surface area contributed by atoms with E-state index in [0.29, 0.717) is 0 Å². The molecule has 1 aromatic carbocycles. The molecule has 146 valence electrons. The number of hydrogen-bond donors (Lipinski definition) is 0.